The van der Waals surface area contributed by atoms with E-state index < -0.39 is 11.7 Å². The van der Waals surface area contributed by atoms with Crippen LogP contribution in [0.2, 0.25) is 5.02 Å². The number of thiophene rings is 1. The zero-order valence-corrected chi connectivity index (χ0v) is 23.5. The minimum Gasteiger partial charge on any atom is -0.486 e. The first-order valence-corrected chi connectivity index (χ1v) is 13.4. The summed E-state index contributed by atoms with van der Waals surface area (Å²) in [6, 6.07) is 11.0. The van der Waals surface area contributed by atoms with Gasteiger partial charge in [0, 0.05) is 29.1 Å². The van der Waals surface area contributed by atoms with Gasteiger partial charge < -0.3 is 14.8 Å². The van der Waals surface area contributed by atoms with E-state index in [0.29, 0.717) is 40.0 Å². The van der Waals surface area contributed by atoms with E-state index >= 15 is 0 Å². The minimum absolute atomic E-state index is 0.0320. The van der Waals surface area contributed by atoms with Gasteiger partial charge in [0.15, 0.2) is 5.78 Å². The van der Waals surface area contributed by atoms with Crippen LogP contribution in [-0.2, 0) is 16.0 Å². The Morgan fingerprint density at radius 2 is 2.00 bits per heavy atom. The molecule has 0 fully saturated rings. The van der Waals surface area contributed by atoms with Gasteiger partial charge >= 0.3 is 6.09 Å². The molecule has 1 aliphatic rings. The van der Waals surface area contributed by atoms with Gasteiger partial charge in [-0.25, -0.2) is 15.2 Å². The van der Waals surface area contributed by atoms with Gasteiger partial charge in [-0.1, -0.05) is 11.6 Å². The topological polar surface area (TPSA) is 119 Å². The molecule has 3 aromatic rings. The van der Waals surface area contributed by atoms with Gasteiger partial charge in [-0.3, -0.25) is 15.0 Å². The molecule has 11 heteroatoms. The molecule has 0 radical (unpaired) electrons. The number of halogens is 1. The number of anilines is 1. The molecular weight excluding hydrogens is 540 g/mol. The number of rotatable bonds is 8. The van der Waals surface area contributed by atoms with E-state index in [1.54, 1.807) is 52.1 Å². The molecule has 0 bridgehead atoms. The largest absolute Gasteiger partial charge is 0.486 e. The van der Waals surface area contributed by atoms with Crippen LogP contribution in [0.5, 0.6) is 5.75 Å². The van der Waals surface area contributed by atoms with Crippen LogP contribution in [0.25, 0.3) is 16.5 Å². The second-order valence-corrected chi connectivity index (χ2v) is 11.4. The number of ether oxygens (including phenoxy) is 2. The van der Waals surface area contributed by atoms with Crippen LogP contribution in [0.1, 0.15) is 48.5 Å². The van der Waals surface area contributed by atoms with E-state index in [1.165, 1.54) is 17.4 Å². The van der Waals surface area contributed by atoms with Crippen molar-refractivity contribution in [3.05, 3.63) is 69.7 Å². The molecule has 204 valence electrons. The lowest BCUT2D eigenvalue weighted by Gasteiger charge is -2.19. The fourth-order valence-corrected chi connectivity index (χ4v) is 4.94. The quantitative estimate of drug-likeness (QED) is 0.182. The average Bonchev–Trinajstić information content (AvgIpc) is 3.52. The third-order valence-electron chi connectivity index (χ3n) is 5.50. The van der Waals surface area contributed by atoms with Crippen molar-refractivity contribution >= 4 is 52.6 Å². The zero-order valence-electron chi connectivity index (χ0n) is 22.0. The number of nitrogens with zero attached hydrogens (tertiary/aromatic N) is 1. The fourth-order valence-electron chi connectivity index (χ4n) is 3.77. The standard InChI is InChI=1S/C28H29ClN4O5S/c1-16(34)22-7-8-23(39-22)18-11-19-12-20(37-26(19)21(29)13-18)15-31-25(35)10-6-17-5-9-24(30-14-17)32-33-27(36)38-28(2,3)4/h5-11,13-14,20H,12,15H2,1-4H3,(H,30,32)(H,31,35)(H,33,36)/b10-6+. The Balaban J connectivity index is 1.26. The van der Waals surface area contributed by atoms with Gasteiger partial charge in [-0.05, 0) is 81.3 Å². The molecule has 9 nitrogen and oxygen atoms in total. The van der Waals surface area contributed by atoms with Crippen LogP contribution in [0.15, 0.2) is 48.7 Å². The predicted molar refractivity (Wildman–Crippen MR) is 152 cm³/mol. The maximum absolute atomic E-state index is 12.4. The molecule has 0 aliphatic carbocycles. The molecule has 4 rings (SSSR count). The summed E-state index contributed by atoms with van der Waals surface area (Å²) >= 11 is 7.92. The highest BCUT2D eigenvalue weighted by atomic mass is 35.5. The second-order valence-electron chi connectivity index (χ2n) is 9.92. The van der Waals surface area contributed by atoms with E-state index in [2.05, 4.69) is 21.2 Å². The monoisotopic (exact) mass is 568 g/mol. The number of aromatic nitrogens is 1. The van der Waals surface area contributed by atoms with Crippen molar-refractivity contribution in [2.24, 2.45) is 0 Å². The van der Waals surface area contributed by atoms with Gasteiger partial charge in [0.2, 0.25) is 5.91 Å². The van der Waals surface area contributed by atoms with Gasteiger partial charge in [0.1, 0.15) is 23.3 Å². The van der Waals surface area contributed by atoms with Gasteiger partial charge in [0.25, 0.3) is 0 Å². The first-order chi connectivity index (χ1) is 18.5. The predicted octanol–water partition coefficient (Wildman–Crippen LogP) is 5.65. The average molecular weight is 569 g/mol. The zero-order chi connectivity index (χ0) is 28.2. The molecule has 3 N–H and O–H groups in total. The van der Waals surface area contributed by atoms with Crippen molar-refractivity contribution in [1.82, 2.24) is 15.7 Å². The molecule has 39 heavy (non-hydrogen) atoms. The van der Waals surface area contributed by atoms with Gasteiger partial charge in [-0.2, -0.15) is 0 Å². The van der Waals surface area contributed by atoms with Crippen LogP contribution in [0.3, 0.4) is 0 Å². The van der Waals surface area contributed by atoms with Crippen LogP contribution in [-0.4, -0.2) is 41.0 Å². The molecule has 0 saturated heterocycles. The van der Waals surface area contributed by atoms with Crippen molar-refractivity contribution < 1.29 is 23.9 Å². The summed E-state index contributed by atoms with van der Waals surface area (Å²) in [5, 5.41) is 3.35. The Labute approximate surface area is 235 Å². The number of carbonyl (C=O) groups excluding carboxylic acids is 3. The molecular formula is C28H29ClN4O5S. The van der Waals surface area contributed by atoms with E-state index in [9.17, 15) is 14.4 Å². The third-order valence-corrected chi connectivity index (χ3v) is 7.02. The normalized spacial score (nSPS) is 14.4. The highest BCUT2D eigenvalue weighted by Crippen LogP contribution is 2.41. The summed E-state index contributed by atoms with van der Waals surface area (Å²) in [5.74, 6) is 0.801. The van der Waals surface area contributed by atoms with E-state index in [4.69, 9.17) is 21.1 Å². The molecule has 0 spiro atoms. The summed E-state index contributed by atoms with van der Waals surface area (Å²) in [6.07, 6.45) is 4.36. The number of hydrogen-bond acceptors (Lipinski definition) is 8. The number of Topliss-reactive ketones (excluding diaryl/α,β-unsaturated/α-hetero) is 1. The molecule has 2 amide bonds. The Hall–Kier alpha value is -3.89. The van der Waals surface area contributed by atoms with Crippen molar-refractivity contribution in [3.63, 3.8) is 0 Å². The number of fused-ring (bicyclic) bond motifs is 1. The molecule has 1 aliphatic heterocycles. The van der Waals surface area contributed by atoms with Crippen molar-refractivity contribution in [3.8, 4) is 16.2 Å². The molecule has 1 unspecified atom stereocenters. The maximum atomic E-state index is 12.4. The fraction of sp³-hybridized carbons (Fsp3) is 0.286. The number of hydrazine groups is 1. The lowest BCUT2D eigenvalue weighted by Crippen LogP contribution is -2.36. The number of benzene rings is 1. The first kappa shape index (κ1) is 28.1. The molecule has 1 aromatic carbocycles. The molecule has 0 saturated carbocycles. The summed E-state index contributed by atoms with van der Waals surface area (Å²) < 4.78 is 11.1. The third kappa shape index (κ3) is 7.81. The highest BCUT2D eigenvalue weighted by molar-refractivity contribution is 7.17. The number of ketones is 1. The Kier molecular flexibility index (Phi) is 8.57. The number of carbonyl (C=O) groups is 3. The second kappa shape index (κ2) is 11.9. The summed E-state index contributed by atoms with van der Waals surface area (Å²) in [5.41, 5.74) is 7.07. The number of hydrogen-bond donors (Lipinski definition) is 3. The Bertz CT molecular complexity index is 1410. The minimum atomic E-state index is -0.618. The van der Waals surface area contributed by atoms with Crippen LogP contribution < -0.4 is 20.9 Å². The smallest absolute Gasteiger partial charge is 0.426 e. The van der Waals surface area contributed by atoms with Crippen LogP contribution >= 0.6 is 22.9 Å². The summed E-state index contributed by atoms with van der Waals surface area (Å²) in [6.45, 7) is 7.17. The van der Waals surface area contributed by atoms with Crippen molar-refractivity contribution in [2.45, 2.75) is 45.8 Å². The van der Waals surface area contributed by atoms with Crippen molar-refractivity contribution in [1.29, 1.82) is 0 Å². The lowest BCUT2D eigenvalue weighted by molar-refractivity contribution is -0.116. The molecule has 2 aromatic heterocycles. The van der Waals surface area contributed by atoms with Crippen molar-refractivity contribution in [2.75, 3.05) is 12.0 Å². The Morgan fingerprint density at radius 3 is 2.67 bits per heavy atom. The summed E-state index contributed by atoms with van der Waals surface area (Å²) in [4.78, 5) is 41.6. The SMILES string of the molecule is CC(=O)c1ccc(-c2cc(Cl)c3c(c2)CC(CNC(=O)/C=C/c2ccc(NNC(=O)OC(C)(C)C)nc2)O3)s1. The van der Waals surface area contributed by atoms with E-state index in [1.807, 2.05) is 24.3 Å². The number of amides is 2. The van der Waals surface area contributed by atoms with Crippen LogP contribution in [0.4, 0.5) is 10.6 Å². The molecule has 3 heterocycles. The number of nitrogens with one attached hydrogen (secondary N) is 3. The van der Waals surface area contributed by atoms with E-state index in [-0.39, 0.29) is 17.8 Å². The lowest BCUT2D eigenvalue weighted by atomic mass is 10.1. The summed E-state index contributed by atoms with van der Waals surface area (Å²) in [7, 11) is 0. The van der Waals surface area contributed by atoms with Crippen LogP contribution in [0, 0.1) is 0 Å². The maximum Gasteiger partial charge on any atom is 0.426 e. The van der Waals surface area contributed by atoms with Gasteiger partial charge in [-0.15, -0.1) is 11.3 Å². The number of pyridine rings is 1. The first-order valence-electron chi connectivity index (χ1n) is 12.2. The van der Waals surface area contributed by atoms with E-state index in [0.717, 1.165) is 16.0 Å². The molecule has 1 atom stereocenters. The highest BCUT2D eigenvalue weighted by Gasteiger charge is 2.26. The van der Waals surface area contributed by atoms with Gasteiger partial charge in [0.05, 0.1) is 16.4 Å². The Morgan fingerprint density at radius 1 is 1.21 bits per heavy atom.